The van der Waals surface area contributed by atoms with Gasteiger partial charge in [0.1, 0.15) is 0 Å². The standard InChI is InChI=1S/C22H19N3O2S2/c1-14-5-4-6-16(11-14)24-20(26)9-10-25-21(27)19(29-22(25)28)12-15-13-23-18-8-3-2-7-17(15)18/h2-8,11-13,27H,9-10H2,1H3,(H,24,26)/b15-12-. The fourth-order valence-electron chi connectivity index (χ4n) is 3.16. The van der Waals surface area contributed by atoms with E-state index < -0.39 is 0 Å². The Labute approximate surface area is 177 Å². The molecule has 2 N–H and O–H groups in total. The Morgan fingerprint density at radius 3 is 2.93 bits per heavy atom. The number of anilines is 1. The molecule has 0 saturated heterocycles. The van der Waals surface area contributed by atoms with Gasteiger partial charge in [-0.2, -0.15) is 0 Å². The van der Waals surface area contributed by atoms with E-state index in [2.05, 4.69) is 10.3 Å². The van der Waals surface area contributed by atoms with Gasteiger partial charge in [0.2, 0.25) is 11.8 Å². The van der Waals surface area contributed by atoms with Crippen LogP contribution < -0.4 is 5.32 Å². The average molecular weight is 422 g/mol. The highest BCUT2D eigenvalue weighted by molar-refractivity contribution is 7.73. The summed E-state index contributed by atoms with van der Waals surface area (Å²) in [5, 5.41) is 13.5. The highest BCUT2D eigenvalue weighted by atomic mass is 32.1. The van der Waals surface area contributed by atoms with Crippen molar-refractivity contribution >= 4 is 58.7 Å². The summed E-state index contributed by atoms with van der Waals surface area (Å²) in [6.45, 7) is 2.29. The zero-order valence-electron chi connectivity index (χ0n) is 15.8. The minimum absolute atomic E-state index is 0.0774. The van der Waals surface area contributed by atoms with Gasteiger partial charge in [-0.3, -0.25) is 14.4 Å². The lowest BCUT2D eigenvalue weighted by Gasteiger charge is -2.07. The van der Waals surface area contributed by atoms with Gasteiger partial charge >= 0.3 is 0 Å². The summed E-state index contributed by atoms with van der Waals surface area (Å²) in [5.41, 5.74) is 4.70. The number of allylic oxidation sites excluding steroid dienone is 1. The van der Waals surface area contributed by atoms with E-state index in [4.69, 9.17) is 12.2 Å². The number of carbonyl (C=O) groups is 1. The Hall–Kier alpha value is -3.03. The third-order valence-electron chi connectivity index (χ3n) is 4.60. The van der Waals surface area contributed by atoms with E-state index in [1.54, 1.807) is 10.8 Å². The molecule has 0 bridgehead atoms. The molecule has 1 aromatic heterocycles. The van der Waals surface area contributed by atoms with Crippen LogP contribution >= 0.6 is 23.6 Å². The Bertz CT molecular complexity index is 1200. The molecule has 1 amide bonds. The van der Waals surface area contributed by atoms with Gasteiger partial charge in [0.15, 0.2) is 3.95 Å². The number of carbonyl (C=O) groups excluding carboxylic acids is 1. The molecular weight excluding hydrogens is 402 g/mol. The van der Waals surface area contributed by atoms with E-state index in [0.29, 0.717) is 15.4 Å². The molecule has 1 aliphatic heterocycles. The number of hydrogen-bond acceptors (Lipinski definition) is 5. The number of nitrogens with one attached hydrogen (secondary N) is 1. The Morgan fingerprint density at radius 1 is 1.28 bits per heavy atom. The Kier molecular flexibility index (Phi) is 5.42. The molecule has 0 fully saturated rings. The second-order valence-electron chi connectivity index (χ2n) is 6.75. The second-order valence-corrected chi connectivity index (χ2v) is 8.43. The maximum atomic E-state index is 12.3. The smallest absolute Gasteiger partial charge is 0.226 e. The van der Waals surface area contributed by atoms with Crippen LogP contribution in [0.2, 0.25) is 0 Å². The van der Waals surface area contributed by atoms with Gasteiger partial charge < -0.3 is 10.4 Å². The van der Waals surface area contributed by atoms with Gasteiger partial charge in [0.05, 0.1) is 10.6 Å². The zero-order chi connectivity index (χ0) is 20.4. The predicted molar refractivity (Wildman–Crippen MR) is 122 cm³/mol. The molecule has 2 aromatic carbocycles. The molecule has 7 heteroatoms. The first kappa shape index (κ1) is 19.3. The number of thiazole rings is 1. The quantitative estimate of drug-likeness (QED) is 0.529. The summed E-state index contributed by atoms with van der Waals surface area (Å²) < 4.78 is 2.13. The lowest BCUT2D eigenvalue weighted by Crippen LogP contribution is -2.14. The summed E-state index contributed by atoms with van der Waals surface area (Å²) in [4.78, 5) is 17.3. The molecule has 4 rings (SSSR count). The topological polar surface area (TPSA) is 66.6 Å². The van der Waals surface area contributed by atoms with E-state index in [-0.39, 0.29) is 18.2 Å². The van der Waals surface area contributed by atoms with E-state index in [9.17, 15) is 9.90 Å². The van der Waals surface area contributed by atoms with Crippen LogP contribution in [-0.4, -0.2) is 21.8 Å². The minimum Gasteiger partial charge on any atom is -0.493 e. The number of aryl methyl sites for hydroxylation is 1. The fraction of sp³-hybridized carbons (Fsp3) is 0.136. The van der Waals surface area contributed by atoms with Crippen LogP contribution in [0.1, 0.15) is 22.4 Å². The minimum atomic E-state index is -0.125. The molecule has 0 radical (unpaired) electrons. The number of hydrogen-bond donors (Lipinski definition) is 2. The van der Waals surface area contributed by atoms with Crippen molar-refractivity contribution in [3.05, 3.63) is 68.5 Å². The molecule has 29 heavy (non-hydrogen) atoms. The second kappa shape index (κ2) is 8.14. The summed E-state index contributed by atoms with van der Waals surface area (Å²) in [6, 6.07) is 15.5. The Morgan fingerprint density at radius 2 is 2.10 bits per heavy atom. The molecule has 1 aliphatic rings. The average Bonchev–Trinajstić information content (AvgIpc) is 3.22. The number of amides is 1. The number of benzene rings is 2. The number of rotatable bonds is 5. The molecule has 0 unspecified atom stereocenters. The highest BCUT2D eigenvalue weighted by Crippen LogP contribution is 2.35. The fourth-order valence-corrected chi connectivity index (χ4v) is 4.47. The van der Waals surface area contributed by atoms with Gasteiger partial charge in [-0.15, -0.1) is 11.3 Å². The first-order valence-corrected chi connectivity index (χ1v) is 10.4. The number of para-hydroxylation sites is 1. The van der Waals surface area contributed by atoms with E-state index in [1.165, 1.54) is 11.3 Å². The molecule has 3 aromatic rings. The van der Waals surface area contributed by atoms with Crippen molar-refractivity contribution in [2.45, 2.75) is 19.9 Å². The zero-order valence-corrected chi connectivity index (χ0v) is 17.4. The number of fused-ring (bicyclic) bond motifs is 1. The third kappa shape index (κ3) is 4.21. The van der Waals surface area contributed by atoms with Crippen molar-refractivity contribution in [1.29, 1.82) is 0 Å². The SMILES string of the molecule is Cc1cccc(NC(=O)CCn2c(O)c(/C=C3/C=Nc4ccccc43)sc2=S)c1. The van der Waals surface area contributed by atoms with E-state index in [0.717, 1.165) is 28.1 Å². The van der Waals surface area contributed by atoms with Crippen LogP contribution in [-0.2, 0) is 11.3 Å². The van der Waals surface area contributed by atoms with Crippen LogP contribution in [0.15, 0.2) is 53.5 Å². The van der Waals surface area contributed by atoms with Crippen LogP contribution in [0.4, 0.5) is 11.4 Å². The van der Waals surface area contributed by atoms with Crippen molar-refractivity contribution in [3.8, 4) is 5.88 Å². The summed E-state index contributed by atoms with van der Waals surface area (Å²) in [5.74, 6) is -0.0477. The summed E-state index contributed by atoms with van der Waals surface area (Å²) in [7, 11) is 0. The van der Waals surface area contributed by atoms with Gasteiger partial charge in [0.25, 0.3) is 0 Å². The Balaban J connectivity index is 1.48. The highest BCUT2D eigenvalue weighted by Gasteiger charge is 2.16. The number of aromatic hydroxyl groups is 1. The van der Waals surface area contributed by atoms with Crippen molar-refractivity contribution in [2.75, 3.05) is 5.32 Å². The number of nitrogens with zero attached hydrogens (tertiary/aromatic N) is 2. The van der Waals surface area contributed by atoms with Gasteiger partial charge in [-0.1, -0.05) is 30.3 Å². The third-order valence-corrected chi connectivity index (χ3v) is 5.99. The summed E-state index contributed by atoms with van der Waals surface area (Å²) >= 11 is 6.72. The molecule has 0 atom stereocenters. The largest absolute Gasteiger partial charge is 0.493 e. The molecule has 5 nitrogen and oxygen atoms in total. The molecule has 0 spiro atoms. The van der Waals surface area contributed by atoms with Crippen LogP contribution in [0, 0.1) is 10.9 Å². The van der Waals surface area contributed by atoms with Crippen LogP contribution in [0.25, 0.3) is 11.6 Å². The molecule has 0 saturated carbocycles. The normalized spacial score (nSPS) is 13.6. The first-order chi connectivity index (χ1) is 14.0. The van der Waals surface area contributed by atoms with Gasteiger partial charge in [-0.25, -0.2) is 0 Å². The maximum absolute atomic E-state index is 12.3. The number of aliphatic imine (C=N–C) groups is 1. The lowest BCUT2D eigenvalue weighted by atomic mass is 10.1. The maximum Gasteiger partial charge on any atom is 0.226 e. The molecule has 0 aliphatic carbocycles. The van der Waals surface area contributed by atoms with Gasteiger partial charge in [-0.05, 0) is 49.0 Å². The lowest BCUT2D eigenvalue weighted by molar-refractivity contribution is -0.116. The predicted octanol–water partition coefficient (Wildman–Crippen LogP) is 5.58. The summed E-state index contributed by atoms with van der Waals surface area (Å²) in [6.07, 6.45) is 3.88. The monoisotopic (exact) mass is 421 g/mol. The molecular formula is C22H19N3O2S2. The van der Waals surface area contributed by atoms with Crippen LogP contribution in [0.3, 0.4) is 0 Å². The van der Waals surface area contributed by atoms with Crippen LogP contribution in [0.5, 0.6) is 5.88 Å². The van der Waals surface area contributed by atoms with Gasteiger partial charge in [0, 0.05) is 36.0 Å². The van der Waals surface area contributed by atoms with Crippen molar-refractivity contribution in [1.82, 2.24) is 4.57 Å². The number of aromatic nitrogens is 1. The molecule has 146 valence electrons. The van der Waals surface area contributed by atoms with E-state index in [1.807, 2.05) is 61.5 Å². The van der Waals surface area contributed by atoms with Crippen molar-refractivity contribution in [2.24, 2.45) is 4.99 Å². The van der Waals surface area contributed by atoms with E-state index >= 15 is 0 Å². The van der Waals surface area contributed by atoms with Crippen molar-refractivity contribution < 1.29 is 9.90 Å². The molecule has 2 heterocycles. The first-order valence-electron chi connectivity index (χ1n) is 9.15. The van der Waals surface area contributed by atoms with Crippen molar-refractivity contribution in [3.63, 3.8) is 0 Å².